The van der Waals surface area contributed by atoms with Crippen molar-refractivity contribution < 1.29 is 9.53 Å². The summed E-state index contributed by atoms with van der Waals surface area (Å²) >= 11 is 6.16. The molecule has 118 valence electrons. The smallest absolute Gasteiger partial charge is 0.419 e. The summed E-state index contributed by atoms with van der Waals surface area (Å²) in [4.78, 5) is 21.0. The minimum atomic E-state index is -0.605. The minimum Gasteiger partial charge on any atom is -0.443 e. The van der Waals surface area contributed by atoms with E-state index in [1.54, 1.807) is 0 Å². The van der Waals surface area contributed by atoms with E-state index in [-0.39, 0.29) is 5.15 Å². The number of fused-ring (bicyclic) bond motifs is 1. The van der Waals surface area contributed by atoms with Gasteiger partial charge in [-0.15, -0.1) is 0 Å². The Labute approximate surface area is 138 Å². The summed E-state index contributed by atoms with van der Waals surface area (Å²) in [7, 11) is 0. The SMILES string of the molecule is CC(C)(C)OC(=O)n1c(-c2nccnc2Cl)cc2ccccc21. The van der Waals surface area contributed by atoms with Gasteiger partial charge in [-0.1, -0.05) is 29.8 Å². The maximum atomic E-state index is 12.7. The van der Waals surface area contributed by atoms with Gasteiger partial charge < -0.3 is 4.74 Å². The Hall–Kier alpha value is -2.40. The van der Waals surface area contributed by atoms with Crippen LogP contribution in [0.1, 0.15) is 20.8 Å². The number of carbonyl (C=O) groups is 1. The molecular weight excluding hydrogens is 314 g/mol. The van der Waals surface area contributed by atoms with Crippen molar-refractivity contribution in [2.24, 2.45) is 0 Å². The molecule has 23 heavy (non-hydrogen) atoms. The first-order valence-corrected chi connectivity index (χ1v) is 7.55. The van der Waals surface area contributed by atoms with Crippen LogP contribution in [0, 0.1) is 0 Å². The highest BCUT2D eigenvalue weighted by atomic mass is 35.5. The Morgan fingerprint density at radius 2 is 1.87 bits per heavy atom. The number of hydrogen-bond acceptors (Lipinski definition) is 4. The van der Waals surface area contributed by atoms with E-state index in [0.29, 0.717) is 11.4 Å². The van der Waals surface area contributed by atoms with E-state index < -0.39 is 11.7 Å². The third kappa shape index (κ3) is 3.05. The Morgan fingerprint density at radius 1 is 1.17 bits per heavy atom. The summed E-state index contributed by atoms with van der Waals surface area (Å²) in [5.41, 5.74) is 1.12. The third-order valence-electron chi connectivity index (χ3n) is 3.18. The van der Waals surface area contributed by atoms with E-state index in [0.717, 1.165) is 10.9 Å². The van der Waals surface area contributed by atoms with Crippen LogP contribution < -0.4 is 0 Å². The lowest BCUT2D eigenvalue weighted by Gasteiger charge is -2.21. The standard InChI is InChI=1S/C17H16ClN3O2/c1-17(2,3)23-16(22)21-12-7-5-4-6-11(12)10-13(21)14-15(18)20-9-8-19-14/h4-10H,1-3H3. The largest absolute Gasteiger partial charge is 0.443 e. The van der Waals surface area contributed by atoms with E-state index in [2.05, 4.69) is 9.97 Å². The Balaban J connectivity index is 2.24. The van der Waals surface area contributed by atoms with Crippen LogP contribution in [0.15, 0.2) is 42.7 Å². The summed E-state index contributed by atoms with van der Waals surface area (Å²) in [5, 5.41) is 1.13. The number of ether oxygens (including phenoxy) is 1. The van der Waals surface area contributed by atoms with Gasteiger partial charge >= 0.3 is 6.09 Å². The lowest BCUT2D eigenvalue weighted by atomic mass is 10.2. The van der Waals surface area contributed by atoms with Crippen molar-refractivity contribution in [3.8, 4) is 11.4 Å². The van der Waals surface area contributed by atoms with Crippen molar-refractivity contribution in [3.05, 3.63) is 47.9 Å². The number of para-hydroxylation sites is 1. The number of benzene rings is 1. The van der Waals surface area contributed by atoms with Crippen molar-refractivity contribution in [2.45, 2.75) is 26.4 Å². The Bertz CT molecular complexity index is 881. The summed E-state index contributed by atoms with van der Waals surface area (Å²) in [6.45, 7) is 5.47. The monoisotopic (exact) mass is 329 g/mol. The second kappa shape index (κ2) is 5.66. The van der Waals surface area contributed by atoms with E-state index >= 15 is 0 Å². The summed E-state index contributed by atoms with van der Waals surface area (Å²) in [5.74, 6) is 0. The van der Waals surface area contributed by atoms with Crippen LogP contribution in [0.3, 0.4) is 0 Å². The maximum absolute atomic E-state index is 12.7. The van der Waals surface area contributed by atoms with Gasteiger partial charge in [-0.25, -0.2) is 19.3 Å². The molecule has 5 nitrogen and oxygen atoms in total. The molecule has 0 amide bonds. The highest BCUT2D eigenvalue weighted by molar-refractivity contribution is 6.31. The number of halogens is 1. The molecule has 0 aliphatic heterocycles. The topological polar surface area (TPSA) is 57.0 Å². The summed E-state index contributed by atoms with van der Waals surface area (Å²) in [6.07, 6.45) is 2.57. The lowest BCUT2D eigenvalue weighted by molar-refractivity contribution is 0.0547. The minimum absolute atomic E-state index is 0.236. The molecule has 0 spiro atoms. The van der Waals surface area contributed by atoms with Gasteiger partial charge in [0.2, 0.25) is 0 Å². The number of nitrogens with zero attached hydrogens (tertiary/aromatic N) is 3. The van der Waals surface area contributed by atoms with Crippen molar-refractivity contribution in [1.82, 2.24) is 14.5 Å². The molecule has 0 fully saturated rings. The molecule has 0 saturated carbocycles. The highest BCUT2D eigenvalue weighted by Gasteiger charge is 2.24. The fourth-order valence-corrected chi connectivity index (χ4v) is 2.53. The van der Waals surface area contributed by atoms with Gasteiger partial charge in [0, 0.05) is 17.8 Å². The Kier molecular flexibility index (Phi) is 3.82. The zero-order valence-corrected chi connectivity index (χ0v) is 13.8. The first-order valence-electron chi connectivity index (χ1n) is 7.17. The van der Waals surface area contributed by atoms with Crippen molar-refractivity contribution in [2.75, 3.05) is 0 Å². The fourth-order valence-electron chi connectivity index (χ4n) is 2.33. The third-order valence-corrected chi connectivity index (χ3v) is 3.46. The van der Waals surface area contributed by atoms with Crippen LogP contribution in [0.5, 0.6) is 0 Å². The molecule has 0 N–H and O–H groups in total. The number of rotatable bonds is 1. The summed E-state index contributed by atoms with van der Waals surface area (Å²) in [6, 6.07) is 9.40. The van der Waals surface area contributed by atoms with E-state index in [1.165, 1.54) is 17.0 Å². The van der Waals surface area contributed by atoms with Gasteiger partial charge in [0.15, 0.2) is 5.15 Å². The van der Waals surface area contributed by atoms with Gasteiger partial charge in [-0.3, -0.25) is 0 Å². The van der Waals surface area contributed by atoms with Crippen LogP contribution in [-0.4, -0.2) is 26.2 Å². The van der Waals surface area contributed by atoms with Crippen LogP contribution in [0.25, 0.3) is 22.3 Å². The van der Waals surface area contributed by atoms with Crippen LogP contribution >= 0.6 is 11.6 Å². The average molecular weight is 330 g/mol. The van der Waals surface area contributed by atoms with Gasteiger partial charge in [0.1, 0.15) is 11.3 Å². The highest BCUT2D eigenvalue weighted by Crippen LogP contribution is 2.31. The average Bonchev–Trinajstić information content (AvgIpc) is 2.85. The normalized spacial score (nSPS) is 11.7. The fraction of sp³-hybridized carbons (Fsp3) is 0.235. The number of aromatic nitrogens is 3. The molecule has 0 aliphatic carbocycles. The van der Waals surface area contributed by atoms with Gasteiger partial charge in [-0.2, -0.15) is 0 Å². The molecule has 0 saturated heterocycles. The van der Waals surface area contributed by atoms with E-state index in [9.17, 15) is 4.79 Å². The zero-order valence-electron chi connectivity index (χ0n) is 13.1. The quantitative estimate of drug-likeness (QED) is 0.658. The van der Waals surface area contributed by atoms with Gasteiger partial charge in [0.25, 0.3) is 0 Å². The maximum Gasteiger partial charge on any atom is 0.419 e. The first kappa shape index (κ1) is 15.5. The molecule has 0 atom stereocenters. The molecule has 1 aromatic carbocycles. The van der Waals surface area contributed by atoms with Crippen molar-refractivity contribution in [1.29, 1.82) is 0 Å². The van der Waals surface area contributed by atoms with Gasteiger partial charge in [-0.05, 0) is 32.9 Å². The van der Waals surface area contributed by atoms with E-state index in [4.69, 9.17) is 16.3 Å². The van der Waals surface area contributed by atoms with Crippen LogP contribution in [0.2, 0.25) is 5.15 Å². The molecule has 0 aliphatic rings. The number of carbonyl (C=O) groups excluding carboxylic acids is 1. The second-order valence-electron chi connectivity index (χ2n) is 6.10. The first-order chi connectivity index (χ1) is 10.9. The Morgan fingerprint density at radius 3 is 2.57 bits per heavy atom. The molecule has 0 unspecified atom stereocenters. The van der Waals surface area contributed by atoms with Crippen molar-refractivity contribution in [3.63, 3.8) is 0 Å². The molecule has 0 bridgehead atoms. The van der Waals surface area contributed by atoms with Crippen LogP contribution in [-0.2, 0) is 4.74 Å². The van der Waals surface area contributed by atoms with E-state index in [1.807, 2.05) is 51.1 Å². The predicted molar refractivity (Wildman–Crippen MR) is 89.6 cm³/mol. The molecule has 6 heteroatoms. The number of hydrogen-bond donors (Lipinski definition) is 0. The zero-order chi connectivity index (χ0) is 16.6. The molecule has 0 radical (unpaired) electrons. The van der Waals surface area contributed by atoms with Gasteiger partial charge in [0.05, 0.1) is 11.2 Å². The molecule has 3 aromatic rings. The van der Waals surface area contributed by atoms with Crippen molar-refractivity contribution >= 4 is 28.6 Å². The molecule has 2 aromatic heterocycles. The molecule has 3 rings (SSSR count). The van der Waals surface area contributed by atoms with Crippen LogP contribution in [0.4, 0.5) is 4.79 Å². The predicted octanol–water partition coefficient (Wildman–Crippen LogP) is 4.53. The lowest BCUT2D eigenvalue weighted by Crippen LogP contribution is -2.27. The molecule has 2 heterocycles. The summed E-state index contributed by atoms with van der Waals surface area (Å²) < 4.78 is 7.01. The second-order valence-corrected chi connectivity index (χ2v) is 6.46. The molecular formula is C17H16ClN3O2.